The molecule has 0 spiro atoms. The maximum absolute atomic E-state index is 13.0. The summed E-state index contributed by atoms with van der Waals surface area (Å²) in [6.45, 7) is 6.60. The molecule has 1 aromatic heterocycles. The summed E-state index contributed by atoms with van der Waals surface area (Å²) in [6, 6.07) is 19.9. The van der Waals surface area contributed by atoms with Crippen molar-refractivity contribution in [3.63, 3.8) is 0 Å². The largest absolute Gasteiger partial charge is 0.459 e. The highest BCUT2D eigenvalue weighted by Gasteiger charge is 2.20. The van der Waals surface area contributed by atoms with Gasteiger partial charge in [-0.3, -0.25) is 4.79 Å². The van der Waals surface area contributed by atoms with Gasteiger partial charge in [0.2, 0.25) is 0 Å². The molecule has 0 unspecified atom stereocenters. The van der Waals surface area contributed by atoms with Gasteiger partial charge < -0.3 is 24.7 Å². The molecular weight excluding hydrogens is 406 g/mol. The van der Waals surface area contributed by atoms with Gasteiger partial charge in [0.1, 0.15) is 11.5 Å². The molecule has 0 bridgehead atoms. The Bertz CT molecular complexity index is 994. The summed E-state index contributed by atoms with van der Waals surface area (Å²) in [5.41, 5.74) is 0.403. The van der Waals surface area contributed by atoms with Gasteiger partial charge in [-0.05, 0) is 75.7 Å². The van der Waals surface area contributed by atoms with Crippen LogP contribution < -0.4 is 20.3 Å². The number of para-hydroxylation sites is 1. The SMILES string of the molecule is CC(C)(C)NC(=O)NCCCN(C(=O)c1ccco1)c1ccc(Oc2ccccc2)cc1. The number of carbonyl (C=O) groups is 2. The van der Waals surface area contributed by atoms with Crippen LogP contribution in [-0.4, -0.2) is 30.6 Å². The molecule has 168 valence electrons. The normalized spacial score (nSPS) is 11.0. The molecule has 7 heteroatoms. The number of amides is 3. The van der Waals surface area contributed by atoms with Crippen molar-refractivity contribution in [1.29, 1.82) is 0 Å². The maximum atomic E-state index is 13.0. The minimum absolute atomic E-state index is 0.233. The van der Waals surface area contributed by atoms with Gasteiger partial charge in [-0.1, -0.05) is 18.2 Å². The van der Waals surface area contributed by atoms with E-state index in [-0.39, 0.29) is 23.2 Å². The molecule has 0 saturated carbocycles. The van der Waals surface area contributed by atoms with Crippen LogP contribution in [0.4, 0.5) is 10.5 Å². The van der Waals surface area contributed by atoms with Crippen molar-refractivity contribution >= 4 is 17.6 Å². The van der Waals surface area contributed by atoms with E-state index in [1.807, 2.05) is 75.4 Å². The van der Waals surface area contributed by atoms with Crippen molar-refractivity contribution in [3.05, 3.63) is 78.8 Å². The number of benzene rings is 2. The van der Waals surface area contributed by atoms with Crippen LogP contribution >= 0.6 is 0 Å². The number of hydrogen-bond acceptors (Lipinski definition) is 4. The average Bonchev–Trinajstić information content (AvgIpc) is 3.29. The van der Waals surface area contributed by atoms with Crippen LogP contribution in [0.15, 0.2) is 77.4 Å². The number of urea groups is 1. The summed E-state index contributed by atoms with van der Waals surface area (Å²) in [5.74, 6) is 1.42. The van der Waals surface area contributed by atoms with Gasteiger partial charge >= 0.3 is 6.03 Å². The van der Waals surface area contributed by atoms with Crippen LogP contribution in [0.3, 0.4) is 0 Å². The molecular formula is C25H29N3O4. The lowest BCUT2D eigenvalue weighted by Gasteiger charge is -2.23. The molecule has 2 N–H and O–H groups in total. The van der Waals surface area contributed by atoms with E-state index in [2.05, 4.69) is 10.6 Å². The molecule has 0 radical (unpaired) electrons. The van der Waals surface area contributed by atoms with Crippen LogP contribution in [0.1, 0.15) is 37.7 Å². The third-order valence-corrected chi connectivity index (χ3v) is 4.44. The Morgan fingerprint density at radius 1 is 0.938 bits per heavy atom. The maximum Gasteiger partial charge on any atom is 0.315 e. The second-order valence-corrected chi connectivity index (χ2v) is 8.33. The first-order chi connectivity index (χ1) is 15.3. The molecule has 3 amide bonds. The van der Waals surface area contributed by atoms with E-state index < -0.39 is 0 Å². The van der Waals surface area contributed by atoms with Crippen molar-refractivity contribution in [1.82, 2.24) is 10.6 Å². The first-order valence-electron chi connectivity index (χ1n) is 10.6. The summed E-state index contributed by atoms with van der Waals surface area (Å²) in [5, 5.41) is 5.68. The zero-order valence-electron chi connectivity index (χ0n) is 18.6. The van der Waals surface area contributed by atoms with Crippen LogP contribution in [0, 0.1) is 0 Å². The molecule has 0 saturated heterocycles. The molecule has 7 nitrogen and oxygen atoms in total. The van der Waals surface area contributed by atoms with E-state index in [1.54, 1.807) is 17.0 Å². The van der Waals surface area contributed by atoms with E-state index in [4.69, 9.17) is 9.15 Å². The van der Waals surface area contributed by atoms with Crippen LogP contribution in [0.2, 0.25) is 0 Å². The van der Waals surface area contributed by atoms with Gasteiger partial charge in [0.25, 0.3) is 5.91 Å². The fourth-order valence-corrected chi connectivity index (χ4v) is 3.02. The highest BCUT2D eigenvalue weighted by Crippen LogP contribution is 2.25. The third kappa shape index (κ3) is 6.91. The van der Waals surface area contributed by atoms with E-state index in [1.165, 1.54) is 6.26 Å². The molecule has 2 aromatic carbocycles. The summed E-state index contributed by atoms with van der Waals surface area (Å²) in [7, 11) is 0. The Kier molecular flexibility index (Phi) is 7.54. The molecule has 0 fully saturated rings. The molecule has 0 aliphatic heterocycles. The molecule has 3 rings (SSSR count). The van der Waals surface area contributed by atoms with Crippen LogP contribution in [0.5, 0.6) is 11.5 Å². The predicted octanol–water partition coefficient (Wildman–Crippen LogP) is 5.21. The van der Waals surface area contributed by atoms with Crippen molar-refractivity contribution in [2.24, 2.45) is 0 Å². The van der Waals surface area contributed by atoms with Crippen LogP contribution in [0.25, 0.3) is 0 Å². The lowest BCUT2D eigenvalue weighted by atomic mass is 10.1. The Morgan fingerprint density at radius 2 is 1.62 bits per heavy atom. The fourth-order valence-electron chi connectivity index (χ4n) is 3.02. The highest BCUT2D eigenvalue weighted by molar-refractivity contribution is 6.04. The molecule has 0 atom stereocenters. The number of nitrogens with zero attached hydrogens (tertiary/aromatic N) is 1. The first kappa shape index (κ1) is 22.9. The topological polar surface area (TPSA) is 83.8 Å². The Morgan fingerprint density at radius 3 is 2.25 bits per heavy atom. The van der Waals surface area contributed by atoms with Gasteiger partial charge in [0.05, 0.1) is 6.26 Å². The minimum atomic E-state index is -0.311. The van der Waals surface area contributed by atoms with Crippen molar-refractivity contribution in [3.8, 4) is 11.5 Å². The zero-order chi connectivity index (χ0) is 23.0. The number of ether oxygens (including phenoxy) is 1. The smallest absolute Gasteiger partial charge is 0.315 e. The molecule has 0 aliphatic carbocycles. The number of rotatable bonds is 8. The molecule has 3 aromatic rings. The van der Waals surface area contributed by atoms with Gasteiger partial charge in [0.15, 0.2) is 5.76 Å². The summed E-state index contributed by atoms with van der Waals surface area (Å²) in [6.07, 6.45) is 2.05. The summed E-state index contributed by atoms with van der Waals surface area (Å²) >= 11 is 0. The Hall–Kier alpha value is -3.74. The lowest BCUT2D eigenvalue weighted by Crippen LogP contribution is -2.47. The standard InChI is InChI=1S/C25H29N3O4/c1-25(2,3)27-24(30)26-16-8-17-28(23(29)22-11-7-18-31-22)19-12-14-21(15-13-19)32-20-9-5-4-6-10-20/h4-7,9-15,18H,8,16-17H2,1-3H3,(H2,26,27,30). The average molecular weight is 436 g/mol. The van der Waals surface area contributed by atoms with Crippen LogP contribution in [-0.2, 0) is 0 Å². The van der Waals surface area contributed by atoms with E-state index >= 15 is 0 Å². The minimum Gasteiger partial charge on any atom is -0.459 e. The quantitative estimate of drug-likeness (QED) is 0.476. The third-order valence-electron chi connectivity index (χ3n) is 4.44. The molecule has 32 heavy (non-hydrogen) atoms. The lowest BCUT2D eigenvalue weighted by molar-refractivity contribution is 0.0960. The summed E-state index contributed by atoms with van der Waals surface area (Å²) in [4.78, 5) is 26.6. The van der Waals surface area contributed by atoms with Gasteiger partial charge in [-0.25, -0.2) is 4.79 Å². The monoisotopic (exact) mass is 435 g/mol. The Balaban J connectivity index is 1.65. The predicted molar refractivity (Wildman–Crippen MR) is 124 cm³/mol. The second kappa shape index (κ2) is 10.5. The highest BCUT2D eigenvalue weighted by atomic mass is 16.5. The van der Waals surface area contributed by atoms with Gasteiger partial charge in [-0.15, -0.1) is 0 Å². The van der Waals surface area contributed by atoms with Gasteiger partial charge in [-0.2, -0.15) is 0 Å². The van der Waals surface area contributed by atoms with E-state index in [0.717, 1.165) is 5.75 Å². The second-order valence-electron chi connectivity index (χ2n) is 8.33. The zero-order valence-corrected chi connectivity index (χ0v) is 18.6. The number of nitrogens with one attached hydrogen (secondary N) is 2. The molecule has 1 heterocycles. The van der Waals surface area contributed by atoms with Crippen molar-refractivity contribution < 1.29 is 18.7 Å². The van der Waals surface area contributed by atoms with Crippen molar-refractivity contribution in [2.75, 3.05) is 18.0 Å². The number of furan rings is 1. The first-order valence-corrected chi connectivity index (χ1v) is 10.6. The fraction of sp³-hybridized carbons (Fsp3) is 0.280. The number of carbonyl (C=O) groups excluding carboxylic acids is 2. The van der Waals surface area contributed by atoms with E-state index in [0.29, 0.717) is 30.9 Å². The number of hydrogen-bond donors (Lipinski definition) is 2. The summed E-state index contributed by atoms with van der Waals surface area (Å²) < 4.78 is 11.1. The van der Waals surface area contributed by atoms with E-state index in [9.17, 15) is 9.59 Å². The van der Waals surface area contributed by atoms with Gasteiger partial charge in [0, 0.05) is 24.3 Å². The van der Waals surface area contributed by atoms with Crippen molar-refractivity contribution in [2.45, 2.75) is 32.7 Å². The number of anilines is 1. The molecule has 0 aliphatic rings. The Labute approximate surface area is 188 Å².